The third-order valence-corrected chi connectivity index (χ3v) is 4.83. The van der Waals surface area contributed by atoms with Crippen molar-refractivity contribution >= 4 is 6.03 Å². The van der Waals surface area contributed by atoms with Crippen molar-refractivity contribution in [2.45, 2.75) is 72.8 Å². The molecule has 116 valence electrons. The number of amides is 2. The molecule has 3 heteroatoms. The van der Waals surface area contributed by atoms with Crippen molar-refractivity contribution in [1.82, 2.24) is 10.2 Å². The van der Waals surface area contributed by atoms with Gasteiger partial charge >= 0.3 is 6.03 Å². The molecule has 0 bridgehead atoms. The van der Waals surface area contributed by atoms with Gasteiger partial charge in [0.1, 0.15) is 0 Å². The minimum absolute atomic E-state index is 0.162. The van der Waals surface area contributed by atoms with Crippen LogP contribution in [0.15, 0.2) is 0 Å². The number of carbonyl (C=O) groups is 1. The van der Waals surface area contributed by atoms with Gasteiger partial charge in [-0.2, -0.15) is 0 Å². The maximum absolute atomic E-state index is 12.4. The molecule has 0 spiro atoms. The van der Waals surface area contributed by atoms with Gasteiger partial charge in [0.2, 0.25) is 0 Å². The molecule has 2 rings (SSSR count). The minimum Gasteiger partial charge on any atom is -0.335 e. The molecule has 1 atom stereocenters. The minimum atomic E-state index is 0.162. The number of rotatable bonds is 1. The lowest BCUT2D eigenvalue weighted by atomic mass is 9.63. The lowest BCUT2D eigenvalue weighted by Gasteiger charge is -2.45. The average molecular weight is 280 g/mol. The number of carbonyl (C=O) groups excluding carboxylic acids is 1. The summed E-state index contributed by atoms with van der Waals surface area (Å²) in [6, 6.07) is 0.494. The molecular weight excluding hydrogens is 248 g/mol. The van der Waals surface area contributed by atoms with Crippen molar-refractivity contribution in [3.63, 3.8) is 0 Å². The van der Waals surface area contributed by atoms with Gasteiger partial charge in [-0.1, -0.05) is 34.6 Å². The molecule has 2 fully saturated rings. The van der Waals surface area contributed by atoms with E-state index in [-0.39, 0.29) is 6.03 Å². The Labute approximate surface area is 124 Å². The van der Waals surface area contributed by atoms with E-state index in [1.165, 1.54) is 12.8 Å². The Morgan fingerprint density at radius 1 is 1.15 bits per heavy atom. The number of urea groups is 1. The normalized spacial score (nSPS) is 30.1. The van der Waals surface area contributed by atoms with Crippen molar-refractivity contribution in [3.8, 4) is 0 Å². The molecule has 0 radical (unpaired) electrons. The highest BCUT2D eigenvalue weighted by atomic mass is 16.2. The largest absolute Gasteiger partial charge is 0.335 e. The Kier molecular flexibility index (Phi) is 4.36. The average Bonchev–Trinajstić information content (AvgIpc) is 2.24. The molecule has 0 aromatic heterocycles. The summed E-state index contributed by atoms with van der Waals surface area (Å²) in [6.07, 6.45) is 5.85. The van der Waals surface area contributed by atoms with Crippen LogP contribution in [0.4, 0.5) is 4.79 Å². The predicted octanol–water partition coefficient (Wildman–Crippen LogP) is 4.03. The van der Waals surface area contributed by atoms with Crippen LogP contribution in [-0.4, -0.2) is 30.1 Å². The second-order valence-electron chi connectivity index (χ2n) is 8.75. The van der Waals surface area contributed by atoms with E-state index < -0.39 is 0 Å². The smallest absolute Gasteiger partial charge is 0.317 e. The van der Waals surface area contributed by atoms with Crippen molar-refractivity contribution in [2.24, 2.45) is 16.7 Å². The molecule has 2 aliphatic rings. The van der Waals surface area contributed by atoms with E-state index in [0.29, 0.717) is 22.8 Å². The van der Waals surface area contributed by atoms with Gasteiger partial charge in [0.25, 0.3) is 0 Å². The zero-order chi connectivity index (χ0) is 15.0. The fourth-order valence-corrected chi connectivity index (χ4v) is 4.59. The number of likely N-dealkylation sites (tertiary alicyclic amines) is 1. The van der Waals surface area contributed by atoms with E-state index in [0.717, 1.165) is 32.4 Å². The molecule has 2 amide bonds. The van der Waals surface area contributed by atoms with E-state index in [1.807, 2.05) is 4.90 Å². The summed E-state index contributed by atoms with van der Waals surface area (Å²) in [5.41, 5.74) is 0.657. The summed E-state index contributed by atoms with van der Waals surface area (Å²) < 4.78 is 0. The molecule has 1 saturated carbocycles. The first-order chi connectivity index (χ1) is 9.17. The van der Waals surface area contributed by atoms with Gasteiger partial charge in [-0.15, -0.1) is 0 Å². The molecular formula is C17H32N2O. The second-order valence-corrected chi connectivity index (χ2v) is 8.75. The Hall–Kier alpha value is -0.730. The fraction of sp³-hybridized carbons (Fsp3) is 0.941. The number of nitrogens with one attached hydrogen (secondary N) is 1. The zero-order valence-corrected chi connectivity index (χ0v) is 14.0. The lowest BCUT2D eigenvalue weighted by molar-refractivity contribution is 0.0831. The van der Waals surface area contributed by atoms with Gasteiger partial charge in [-0.25, -0.2) is 4.79 Å². The molecule has 0 aromatic carbocycles. The standard InChI is InChI=1S/C17H32N2O/c1-13-7-6-8-19(11-13)15(20)18-14-9-16(2,3)12-17(4,5)10-14/h13-14H,6-12H2,1-5H3,(H,18,20). The third kappa shape index (κ3) is 4.13. The Morgan fingerprint density at radius 3 is 2.30 bits per heavy atom. The van der Waals surface area contributed by atoms with Crippen LogP contribution in [0.5, 0.6) is 0 Å². The Morgan fingerprint density at radius 2 is 1.75 bits per heavy atom. The summed E-state index contributed by atoms with van der Waals surface area (Å²) in [4.78, 5) is 14.5. The zero-order valence-electron chi connectivity index (χ0n) is 14.0. The molecule has 1 unspecified atom stereocenters. The maximum Gasteiger partial charge on any atom is 0.317 e. The van der Waals surface area contributed by atoms with E-state index in [2.05, 4.69) is 39.9 Å². The van der Waals surface area contributed by atoms with Gasteiger partial charge in [-0.3, -0.25) is 0 Å². The van der Waals surface area contributed by atoms with Gasteiger partial charge in [0.05, 0.1) is 0 Å². The van der Waals surface area contributed by atoms with Crippen LogP contribution >= 0.6 is 0 Å². The monoisotopic (exact) mass is 280 g/mol. The van der Waals surface area contributed by atoms with E-state index >= 15 is 0 Å². The van der Waals surface area contributed by atoms with Crippen LogP contribution in [-0.2, 0) is 0 Å². The molecule has 1 heterocycles. The summed E-state index contributed by atoms with van der Waals surface area (Å²) in [6.45, 7) is 13.4. The number of piperidine rings is 1. The molecule has 0 aromatic rings. The fourth-order valence-electron chi connectivity index (χ4n) is 4.59. The first-order valence-electron chi connectivity index (χ1n) is 8.22. The SMILES string of the molecule is CC1CCCN(C(=O)NC2CC(C)(C)CC(C)(C)C2)C1. The molecule has 3 nitrogen and oxygen atoms in total. The summed E-state index contributed by atoms with van der Waals surface area (Å²) in [5, 5.41) is 3.31. The van der Waals surface area contributed by atoms with Crippen LogP contribution in [0.1, 0.15) is 66.7 Å². The summed E-state index contributed by atoms with van der Waals surface area (Å²) in [7, 11) is 0. The number of hydrogen-bond donors (Lipinski definition) is 1. The van der Waals surface area contributed by atoms with Crippen LogP contribution in [0.3, 0.4) is 0 Å². The maximum atomic E-state index is 12.4. The Balaban J connectivity index is 1.93. The van der Waals surface area contributed by atoms with E-state index in [4.69, 9.17) is 0 Å². The molecule has 1 aliphatic carbocycles. The molecule has 1 saturated heterocycles. The highest BCUT2D eigenvalue weighted by molar-refractivity contribution is 5.74. The van der Waals surface area contributed by atoms with Crippen molar-refractivity contribution < 1.29 is 4.79 Å². The van der Waals surface area contributed by atoms with Crippen LogP contribution in [0, 0.1) is 16.7 Å². The first kappa shape index (κ1) is 15.7. The topological polar surface area (TPSA) is 32.3 Å². The predicted molar refractivity (Wildman–Crippen MR) is 83.7 cm³/mol. The molecule has 20 heavy (non-hydrogen) atoms. The van der Waals surface area contributed by atoms with E-state index in [1.54, 1.807) is 0 Å². The van der Waals surface area contributed by atoms with Crippen LogP contribution in [0.2, 0.25) is 0 Å². The number of nitrogens with zero attached hydrogens (tertiary/aromatic N) is 1. The highest BCUT2D eigenvalue weighted by Crippen LogP contribution is 2.45. The second kappa shape index (κ2) is 5.57. The van der Waals surface area contributed by atoms with E-state index in [9.17, 15) is 4.79 Å². The molecule has 1 aliphatic heterocycles. The number of hydrogen-bond acceptors (Lipinski definition) is 1. The van der Waals surface area contributed by atoms with Gasteiger partial charge in [0, 0.05) is 19.1 Å². The highest BCUT2D eigenvalue weighted by Gasteiger charge is 2.39. The molecule has 1 N–H and O–H groups in total. The van der Waals surface area contributed by atoms with Crippen molar-refractivity contribution in [1.29, 1.82) is 0 Å². The van der Waals surface area contributed by atoms with Crippen LogP contribution in [0.25, 0.3) is 0 Å². The first-order valence-corrected chi connectivity index (χ1v) is 8.22. The lowest BCUT2D eigenvalue weighted by Crippen LogP contribution is -2.52. The van der Waals surface area contributed by atoms with Crippen molar-refractivity contribution in [2.75, 3.05) is 13.1 Å². The Bertz CT molecular complexity index is 346. The van der Waals surface area contributed by atoms with Crippen molar-refractivity contribution in [3.05, 3.63) is 0 Å². The van der Waals surface area contributed by atoms with Gasteiger partial charge in [0.15, 0.2) is 0 Å². The van der Waals surface area contributed by atoms with Gasteiger partial charge < -0.3 is 10.2 Å². The third-order valence-electron chi connectivity index (χ3n) is 4.83. The van der Waals surface area contributed by atoms with Crippen LogP contribution < -0.4 is 5.32 Å². The quantitative estimate of drug-likeness (QED) is 0.772. The summed E-state index contributed by atoms with van der Waals surface area (Å²) >= 11 is 0. The summed E-state index contributed by atoms with van der Waals surface area (Å²) in [5.74, 6) is 0.647. The van der Waals surface area contributed by atoms with Gasteiger partial charge in [-0.05, 0) is 48.9 Å².